The lowest BCUT2D eigenvalue weighted by molar-refractivity contribution is 0.00632. The van der Waals surface area contributed by atoms with E-state index in [4.69, 9.17) is 23.7 Å². The summed E-state index contributed by atoms with van der Waals surface area (Å²) in [6.07, 6.45) is 1.69. The predicted octanol–water partition coefficient (Wildman–Crippen LogP) is 4.13. The third-order valence-corrected chi connectivity index (χ3v) is 5.29. The van der Waals surface area contributed by atoms with Crippen LogP contribution in [0.1, 0.15) is 23.5 Å². The van der Waals surface area contributed by atoms with Gasteiger partial charge in [-0.05, 0) is 28.7 Å². The molecular weight excluding hydrogens is 422 g/mol. The van der Waals surface area contributed by atoms with E-state index < -0.39 is 6.09 Å². The van der Waals surface area contributed by atoms with Crippen LogP contribution in [0, 0.1) is 0 Å². The minimum Gasteiger partial charge on any atom is -0.499 e. The highest BCUT2D eigenvalue weighted by Gasteiger charge is 2.28. The lowest BCUT2D eigenvalue weighted by Crippen LogP contribution is -2.27. The number of hydrogen-bond acceptors (Lipinski definition) is 6. The fourth-order valence-electron chi connectivity index (χ4n) is 3.75. The molecule has 33 heavy (non-hydrogen) atoms. The first-order valence-electron chi connectivity index (χ1n) is 11.4. The molecule has 0 unspecified atom stereocenters. The monoisotopic (exact) mass is 455 g/mol. The molecule has 1 amide bonds. The van der Waals surface area contributed by atoms with Crippen LogP contribution >= 0.6 is 0 Å². The number of fused-ring (bicyclic) bond motifs is 3. The van der Waals surface area contributed by atoms with Gasteiger partial charge < -0.3 is 29.0 Å². The zero-order valence-electron chi connectivity index (χ0n) is 19.0. The van der Waals surface area contributed by atoms with E-state index in [-0.39, 0.29) is 5.92 Å². The summed E-state index contributed by atoms with van der Waals surface area (Å²) in [4.78, 5) is 12.1. The summed E-state index contributed by atoms with van der Waals surface area (Å²) < 4.78 is 26.7. The van der Waals surface area contributed by atoms with E-state index in [1.807, 2.05) is 24.3 Å². The van der Waals surface area contributed by atoms with Gasteiger partial charge in [0.1, 0.15) is 13.2 Å². The molecule has 0 radical (unpaired) electrons. The van der Waals surface area contributed by atoms with Crippen LogP contribution in [-0.4, -0.2) is 65.5 Å². The van der Waals surface area contributed by atoms with Gasteiger partial charge in [0.2, 0.25) is 0 Å². The Labute approximate surface area is 195 Å². The summed E-state index contributed by atoms with van der Waals surface area (Å²) in [5.41, 5.74) is 4.84. The summed E-state index contributed by atoms with van der Waals surface area (Å²) in [5, 5.41) is 2.79. The highest BCUT2D eigenvalue weighted by molar-refractivity contribution is 5.79. The fourth-order valence-corrected chi connectivity index (χ4v) is 3.75. The zero-order chi connectivity index (χ0) is 23.1. The van der Waals surface area contributed by atoms with Crippen LogP contribution < -0.4 is 5.32 Å². The molecule has 0 fully saturated rings. The molecule has 0 aromatic heterocycles. The van der Waals surface area contributed by atoms with Gasteiger partial charge in [0, 0.05) is 19.1 Å². The van der Waals surface area contributed by atoms with Crippen molar-refractivity contribution in [1.82, 2.24) is 5.32 Å². The van der Waals surface area contributed by atoms with Crippen molar-refractivity contribution in [2.45, 2.75) is 12.3 Å². The van der Waals surface area contributed by atoms with Gasteiger partial charge in [0.25, 0.3) is 0 Å². The van der Waals surface area contributed by atoms with E-state index in [1.165, 1.54) is 28.5 Å². The second-order valence-corrected chi connectivity index (χ2v) is 7.48. The van der Waals surface area contributed by atoms with Crippen LogP contribution in [0.25, 0.3) is 11.1 Å². The first-order valence-corrected chi connectivity index (χ1v) is 11.4. The Balaban J connectivity index is 1.21. The van der Waals surface area contributed by atoms with Crippen LogP contribution in [0.3, 0.4) is 0 Å². The molecular formula is C26H33NO6. The number of ether oxygens (including phenoxy) is 5. The quantitative estimate of drug-likeness (QED) is 0.303. The van der Waals surface area contributed by atoms with Crippen molar-refractivity contribution in [3.63, 3.8) is 0 Å². The molecule has 3 rings (SSSR count). The Kier molecular flexibility index (Phi) is 10.7. The van der Waals surface area contributed by atoms with E-state index in [0.717, 1.165) is 0 Å². The summed E-state index contributed by atoms with van der Waals surface area (Å²) in [5.74, 6) is 0.0670. The van der Waals surface area contributed by atoms with E-state index in [2.05, 4.69) is 36.2 Å². The van der Waals surface area contributed by atoms with Gasteiger partial charge in [-0.3, -0.25) is 0 Å². The standard InChI is InChI=1S/C26H33NO6/c1-2-29-14-15-31-18-19-32-17-16-30-13-7-12-27-26(28)33-20-25-23-10-5-3-8-21(23)22-9-4-6-11-24(22)25/h2-6,8-11,25H,1,7,12-20H2,(H,27,28). The normalized spacial score (nSPS) is 12.1. The molecule has 1 aliphatic rings. The highest BCUT2D eigenvalue weighted by atomic mass is 16.6. The second-order valence-electron chi connectivity index (χ2n) is 7.48. The van der Waals surface area contributed by atoms with Gasteiger partial charge in [-0.2, -0.15) is 0 Å². The molecule has 0 spiro atoms. The smallest absolute Gasteiger partial charge is 0.407 e. The van der Waals surface area contributed by atoms with E-state index >= 15 is 0 Å². The first-order chi connectivity index (χ1) is 16.3. The lowest BCUT2D eigenvalue weighted by Gasteiger charge is -2.14. The van der Waals surface area contributed by atoms with E-state index in [1.54, 1.807) is 0 Å². The third-order valence-electron chi connectivity index (χ3n) is 5.29. The zero-order valence-corrected chi connectivity index (χ0v) is 19.0. The minimum atomic E-state index is -0.404. The Bertz CT molecular complexity index is 826. The largest absolute Gasteiger partial charge is 0.499 e. The molecule has 178 valence electrons. The first kappa shape index (κ1) is 24.8. The van der Waals surface area contributed by atoms with Crippen LogP contribution in [0.4, 0.5) is 4.79 Å². The second kappa shape index (κ2) is 14.3. The number of nitrogens with one attached hydrogen (secondary N) is 1. The molecule has 7 heteroatoms. The van der Waals surface area contributed by atoms with Crippen LogP contribution in [0.2, 0.25) is 0 Å². The van der Waals surface area contributed by atoms with Gasteiger partial charge in [0.05, 0.1) is 39.3 Å². The summed E-state index contributed by atoms with van der Waals surface area (Å²) >= 11 is 0. The molecule has 2 aromatic carbocycles. The van der Waals surface area contributed by atoms with Crippen molar-refractivity contribution in [3.8, 4) is 11.1 Å². The lowest BCUT2D eigenvalue weighted by atomic mass is 9.98. The van der Waals surface area contributed by atoms with Crippen molar-refractivity contribution in [2.24, 2.45) is 0 Å². The van der Waals surface area contributed by atoms with Crippen molar-refractivity contribution >= 4 is 6.09 Å². The number of hydrogen-bond donors (Lipinski definition) is 1. The van der Waals surface area contributed by atoms with E-state index in [9.17, 15) is 4.79 Å². The number of carbonyl (C=O) groups excluding carboxylic acids is 1. The van der Waals surface area contributed by atoms with Crippen molar-refractivity contribution in [2.75, 3.05) is 59.4 Å². The molecule has 0 saturated carbocycles. The highest BCUT2D eigenvalue weighted by Crippen LogP contribution is 2.44. The van der Waals surface area contributed by atoms with Gasteiger partial charge in [-0.25, -0.2) is 4.79 Å². The van der Waals surface area contributed by atoms with Gasteiger partial charge in [-0.15, -0.1) is 0 Å². The molecule has 0 bridgehead atoms. The SMILES string of the molecule is C=COCCOCCOCCOCCCNC(=O)OCC1c2ccccc2-c2ccccc21. The molecule has 7 nitrogen and oxygen atoms in total. The Morgan fingerprint density at radius 1 is 0.818 bits per heavy atom. The average molecular weight is 456 g/mol. The number of benzene rings is 2. The fraction of sp³-hybridized carbons (Fsp3) is 0.423. The molecule has 2 aromatic rings. The predicted molar refractivity (Wildman–Crippen MR) is 126 cm³/mol. The number of amides is 1. The maximum Gasteiger partial charge on any atom is 0.407 e. The topological polar surface area (TPSA) is 75.3 Å². The van der Waals surface area contributed by atoms with Crippen LogP contribution in [0.15, 0.2) is 61.4 Å². The maximum absolute atomic E-state index is 12.1. The molecule has 0 aliphatic heterocycles. The molecule has 1 N–H and O–H groups in total. The van der Waals surface area contributed by atoms with Gasteiger partial charge >= 0.3 is 6.09 Å². The molecule has 0 atom stereocenters. The van der Waals surface area contributed by atoms with Crippen LogP contribution in [0.5, 0.6) is 0 Å². The molecule has 0 heterocycles. The molecule has 1 aliphatic carbocycles. The average Bonchev–Trinajstić information content (AvgIpc) is 3.16. The Morgan fingerprint density at radius 2 is 1.36 bits per heavy atom. The number of carbonyl (C=O) groups is 1. The summed E-state index contributed by atoms with van der Waals surface area (Å²) in [6.45, 7) is 7.87. The third kappa shape index (κ3) is 7.89. The summed E-state index contributed by atoms with van der Waals surface area (Å²) in [6, 6.07) is 16.6. The summed E-state index contributed by atoms with van der Waals surface area (Å²) in [7, 11) is 0. The van der Waals surface area contributed by atoms with Crippen molar-refractivity contribution < 1.29 is 28.5 Å². The number of rotatable bonds is 16. The maximum atomic E-state index is 12.1. The van der Waals surface area contributed by atoms with Crippen molar-refractivity contribution in [1.29, 1.82) is 0 Å². The van der Waals surface area contributed by atoms with Crippen LogP contribution in [-0.2, 0) is 23.7 Å². The Morgan fingerprint density at radius 3 is 1.97 bits per heavy atom. The number of alkyl carbamates (subject to hydrolysis) is 1. The van der Waals surface area contributed by atoms with Gasteiger partial charge in [-0.1, -0.05) is 55.1 Å². The van der Waals surface area contributed by atoms with Gasteiger partial charge in [0.15, 0.2) is 0 Å². The Hall–Kier alpha value is -2.87. The minimum absolute atomic E-state index is 0.0670. The molecule has 0 saturated heterocycles. The van der Waals surface area contributed by atoms with E-state index in [0.29, 0.717) is 65.8 Å². The van der Waals surface area contributed by atoms with Crippen molar-refractivity contribution in [3.05, 3.63) is 72.5 Å².